The van der Waals surface area contributed by atoms with Gasteiger partial charge in [-0.2, -0.15) is 13.2 Å². The predicted molar refractivity (Wildman–Crippen MR) is 90.1 cm³/mol. The number of halogens is 3. The minimum atomic E-state index is -4.65. The SMILES string of the molecule is CC1(C)CC(=O)c2c(C(F)(F)F)cn(-c3ccc(C(N)=O)c(N)c3)c2C1. The largest absolute Gasteiger partial charge is 0.418 e. The van der Waals surface area contributed by atoms with E-state index in [4.69, 9.17) is 11.5 Å². The van der Waals surface area contributed by atoms with Gasteiger partial charge in [-0.05, 0) is 30.0 Å². The number of aromatic nitrogens is 1. The highest BCUT2D eigenvalue weighted by Crippen LogP contribution is 2.43. The van der Waals surface area contributed by atoms with Crippen LogP contribution in [0.4, 0.5) is 18.9 Å². The lowest BCUT2D eigenvalue weighted by Crippen LogP contribution is -2.29. The molecule has 0 radical (unpaired) electrons. The Bertz CT molecular complexity index is 926. The van der Waals surface area contributed by atoms with E-state index in [0.717, 1.165) is 6.20 Å². The van der Waals surface area contributed by atoms with Crippen LogP contribution >= 0.6 is 0 Å². The minimum absolute atomic E-state index is 0.0514. The lowest BCUT2D eigenvalue weighted by molar-refractivity contribution is -0.137. The lowest BCUT2D eigenvalue weighted by atomic mass is 9.75. The number of carbonyl (C=O) groups is 2. The van der Waals surface area contributed by atoms with Gasteiger partial charge in [0, 0.05) is 29.7 Å². The highest BCUT2D eigenvalue weighted by molar-refractivity contribution is 6.01. The second kappa shape index (κ2) is 5.62. The van der Waals surface area contributed by atoms with Crippen LogP contribution in [0.25, 0.3) is 5.69 Å². The molecule has 0 bridgehead atoms. The minimum Gasteiger partial charge on any atom is -0.398 e. The number of alkyl halides is 3. The van der Waals surface area contributed by atoms with Gasteiger partial charge >= 0.3 is 6.18 Å². The summed E-state index contributed by atoms with van der Waals surface area (Å²) in [5.74, 6) is -1.25. The van der Waals surface area contributed by atoms with E-state index >= 15 is 0 Å². The fourth-order valence-corrected chi connectivity index (χ4v) is 3.44. The van der Waals surface area contributed by atoms with Gasteiger partial charge in [-0.15, -0.1) is 0 Å². The molecule has 2 aromatic rings. The van der Waals surface area contributed by atoms with Crippen molar-refractivity contribution in [2.24, 2.45) is 11.1 Å². The molecule has 1 aromatic carbocycles. The van der Waals surface area contributed by atoms with Crippen LogP contribution in [-0.4, -0.2) is 16.3 Å². The average Bonchev–Trinajstić information content (AvgIpc) is 2.84. The Morgan fingerprint density at radius 2 is 1.88 bits per heavy atom. The smallest absolute Gasteiger partial charge is 0.398 e. The van der Waals surface area contributed by atoms with Crippen molar-refractivity contribution in [3.05, 3.63) is 46.8 Å². The second-order valence-electron chi connectivity index (χ2n) is 7.31. The number of benzene rings is 1. The molecule has 1 aliphatic rings. The molecule has 0 unspecified atom stereocenters. The highest BCUT2D eigenvalue weighted by atomic mass is 19.4. The fraction of sp³-hybridized carbons (Fsp3) is 0.333. The van der Waals surface area contributed by atoms with Crippen LogP contribution in [-0.2, 0) is 12.6 Å². The molecule has 0 atom stereocenters. The van der Waals surface area contributed by atoms with Crippen LogP contribution in [0.2, 0.25) is 0 Å². The number of nitrogens with zero attached hydrogens (tertiary/aromatic N) is 1. The zero-order valence-corrected chi connectivity index (χ0v) is 14.3. The average molecular weight is 365 g/mol. The first-order chi connectivity index (χ1) is 11.9. The number of anilines is 1. The van der Waals surface area contributed by atoms with Gasteiger partial charge in [0.2, 0.25) is 0 Å². The number of nitrogen functional groups attached to an aromatic ring is 1. The first-order valence-corrected chi connectivity index (χ1v) is 7.95. The molecular weight excluding hydrogens is 347 g/mol. The van der Waals surface area contributed by atoms with Crippen LogP contribution < -0.4 is 11.5 Å². The van der Waals surface area contributed by atoms with Crippen molar-refractivity contribution < 1.29 is 22.8 Å². The first kappa shape index (κ1) is 18.0. The number of primary amides is 1. The van der Waals surface area contributed by atoms with Gasteiger partial charge in [-0.3, -0.25) is 9.59 Å². The summed E-state index contributed by atoms with van der Waals surface area (Å²) in [7, 11) is 0. The molecule has 0 spiro atoms. The number of fused-ring (bicyclic) bond motifs is 1. The van der Waals surface area contributed by atoms with Crippen LogP contribution in [0.5, 0.6) is 0 Å². The Morgan fingerprint density at radius 3 is 2.42 bits per heavy atom. The Kier molecular flexibility index (Phi) is 3.90. The van der Waals surface area contributed by atoms with Gasteiger partial charge in [0.1, 0.15) is 0 Å². The maximum absolute atomic E-state index is 13.5. The molecule has 26 heavy (non-hydrogen) atoms. The number of hydrogen-bond acceptors (Lipinski definition) is 3. The molecular formula is C18H18F3N3O2. The number of nitrogens with two attached hydrogens (primary N) is 2. The molecule has 0 aliphatic heterocycles. The number of Topliss-reactive ketones (excluding diaryl/α,β-unsaturated/α-hetero) is 1. The highest BCUT2D eigenvalue weighted by Gasteiger charge is 2.43. The lowest BCUT2D eigenvalue weighted by Gasteiger charge is -2.30. The number of rotatable bonds is 2. The van der Waals surface area contributed by atoms with Crippen molar-refractivity contribution in [3.8, 4) is 5.69 Å². The summed E-state index contributed by atoms with van der Waals surface area (Å²) in [5, 5.41) is 0. The van der Waals surface area contributed by atoms with E-state index in [0.29, 0.717) is 17.8 Å². The molecule has 0 saturated heterocycles. The van der Waals surface area contributed by atoms with Crippen LogP contribution in [0.15, 0.2) is 24.4 Å². The molecule has 1 heterocycles. The molecule has 1 aromatic heterocycles. The Hall–Kier alpha value is -2.77. The van der Waals surface area contributed by atoms with E-state index in [9.17, 15) is 22.8 Å². The van der Waals surface area contributed by atoms with Crippen molar-refractivity contribution in [1.29, 1.82) is 0 Å². The molecule has 3 rings (SSSR count). The standard InChI is InChI=1S/C18H18F3N3O2/c1-17(2)6-13-15(14(25)7-17)11(18(19,20)21)8-24(13)9-3-4-10(16(23)26)12(22)5-9/h3-5,8H,6-7,22H2,1-2H3,(H2,23,26). The van der Waals surface area contributed by atoms with Crippen molar-refractivity contribution in [3.63, 3.8) is 0 Å². The number of amides is 1. The Balaban J connectivity index is 2.25. The van der Waals surface area contributed by atoms with Gasteiger partial charge < -0.3 is 16.0 Å². The van der Waals surface area contributed by atoms with Crippen LogP contribution in [0.1, 0.15) is 52.2 Å². The number of ketones is 1. The molecule has 5 nitrogen and oxygen atoms in total. The van der Waals surface area contributed by atoms with Gasteiger partial charge in [-0.25, -0.2) is 0 Å². The van der Waals surface area contributed by atoms with Gasteiger partial charge in [0.05, 0.1) is 16.7 Å². The van der Waals surface area contributed by atoms with Crippen molar-refractivity contribution in [2.45, 2.75) is 32.9 Å². The van der Waals surface area contributed by atoms with Crippen molar-refractivity contribution >= 4 is 17.4 Å². The summed E-state index contributed by atoms with van der Waals surface area (Å²) in [6.07, 6.45) is -3.37. The zero-order valence-electron chi connectivity index (χ0n) is 14.3. The quantitative estimate of drug-likeness (QED) is 0.800. The second-order valence-corrected chi connectivity index (χ2v) is 7.31. The van der Waals surface area contributed by atoms with E-state index in [2.05, 4.69) is 0 Å². The summed E-state index contributed by atoms with van der Waals surface area (Å²) in [6, 6.07) is 4.21. The molecule has 4 N–H and O–H groups in total. The third-order valence-corrected chi connectivity index (χ3v) is 4.56. The third kappa shape index (κ3) is 2.95. The summed E-state index contributed by atoms with van der Waals surface area (Å²) >= 11 is 0. The number of carbonyl (C=O) groups excluding carboxylic acids is 2. The molecule has 8 heteroatoms. The maximum atomic E-state index is 13.5. The first-order valence-electron chi connectivity index (χ1n) is 7.95. The van der Waals surface area contributed by atoms with Gasteiger partial charge in [0.15, 0.2) is 5.78 Å². The predicted octanol–water partition coefficient (Wildman–Crippen LogP) is 3.33. The van der Waals surface area contributed by atoms with E-state index in [1.54, 1.807) is 0 Å². The summed E-state index contributed by atoms with van der Waals surface area (Å²) in [5.41, 5.74) is 10.1. The van der Waals surface area contributed by atoms with Crippen LogP contribution in [0, 0.1) is 5.41 Å². The molecule has 138 valence electrons. The van der Waals surface area contributed by atoms with Gasteiger partial charge in [-0.1, -0.05) is 13.8 Å². The van der Waals surface area contributed by atoms with E-state index in [1.807, 2.05) is 13.8 Å². The topological polar surface area (TPSA) is 91.1 Å². The van der Waals surface area contributed by atoms with Crippen molar-refractivity contribution in [2.75, 3.05) is 5.73 Å². The molecule has 1 amide bonds. The van der Waals surface area contributed by atoms with Gasteiger partial charge in [0.25, 0.3) is 5.91 Å². The normalized spacial score (nSPS) is 16.4. The Labute approximate surface area is 147 Å². The zero-order chi connectivity index (χ0) is 19.4. The van der Waals surface area contributed by atoms with Crippen LogP contribution in [0.3, 0.4) is 0 Å². The van der Waals surface area contributed by atoms with E-state index < -0.39 is 28.8 Å². The molecule has 0 fully saturated rings. The summed E-state index contributed by atoms with van der Waals surface area (Å²) in [4.78, 5) is 23.7. The van der Waals surface area contributed by atoms with E-state index in [-0.39, 0.29) is 23.2 Å². The van der Waals surface area contributed by atoms with Crippen molar-refractivity contribution in [1.82, 2.24) is 4.57 Å². The summed E-state index contributed by atoms with van der Waals surface area (Å²) in [6.45, 7) is 3.67. The maximum Gasteiger partial charge on any atom is 0.418 e. The molecule has 1 aliphatic carbocycles. The monoisotopic (exact) mass is 365 g/mol. The number of hydrogen-bond donors (Lipinski definition) is 2. The molecule has 0 saturated carbocycles. The fourth-order valence-electron chi connectivity index (χ4n) is 3.44. The third-order valence-electron chi connectivity index (χ3n) is 4.56. The Morgan fingerprint density at radius 1 is 1.23 bits per heavy atom. The summed E-state index contributed by atoms with van der Waals surface area (Å²) < 4.78 is 41.7. The van der Waals surface area contributed by atoms with E-state index in [1.165, 1.54) is 22.8 Å².